The van der Waals surface area contributed by atoms with E-state index in [9.17, 15) is 13.2 Å². The first kappa shape index (κ1) is 17.9. The smallest absolute Gasteiger partial charge is 0.263 e. The maximum Gasteiger partial charge on any atom is 0.263 e. The van der Waals surface area contributed by atoms with Crippen LogP contribution in [0.3, 0.4) is 0 Å². The van der Waals surface area contributed by atoms with Crippen molar-refractivity contribution in [3.63, 3.8) is 0 Å². The van der Waals surface area contributed by atoms with Crippen molar-refractivity contribution in [1.82, 2.24) is 15.1 Å². The predicted molar refractivity (Wildman–Crippen MR) is 86.3 cm³/mol. The minimum Gasteiger partial charge on any atom is -0.339 e. The van der Waals surface area contributed by atoms with Gasteiger partial charge in [0.25, 0.3) is 15.9 Å². The molecule has 1 aliphatic rings. The number of likely N-dealkylation sites (tertiary alicyclic amines) is 1. The third-order valence-electron chi connectivity index (χ3n) is 3.85. The Bertz CT molecular complexity index is 655. The van der Waals surface area contributed by atoms with Gasteiger partial charge in [0.15, 0.2) is 0 Å². The van der Waals surface area contributed by atoms with Crippen LogP contribution in [-0.4, -0.2) is 46.1 Å². The highest BCUT2D eigenvalue weighted by molar-refractivity contribution is 7.89. The first-order valence-corrected chi connectivity index (χ1v) is 9.15. The standard InChI is InChI=1S/C15H23N3O4S/c1-3-12-7-6-8-13(14(12)23(20,21)17-22-2)15(19)16-11-18-9-4-5-10-18/h6-8,17H,3-5,9-11H2,1-2H3,(H,16,19). The molecular formula is C15H23N3O4S. The second kappa shape index (κ2) is 7.87. The lowest BCUT2D eigenvalue weighted by atomic mass is 10.1. The number of carbonyl (C=O) groups excluding carboxylic acids is 1. The van der Waals surface area contributed by atoms with Gasteiger partial charge in [-0.3, -0.25) is 14.5 Å². The highest BCUT2D eigenvalue weighted by Gasteiger charge is 2.25. The lowest BCUT2D eigenvalue weighted by molar-refractivity contribution is 0.0925. The maximum atomic E-state index is 12.5. The first-order valence-electron chi connectivity index (χ1n) is 7.66. The van der Waals surface area contributed by atoms with Gasteiger partial charge in [-0.1, -0.05) is 23.9 Å². The highest BCUT2D eigenvalue weighted by atomic mass is 32.2. The third-order valence-corrected chi connectivity index (χ3v) is 5.25. The maximum absolute atomic E-state index is 12.5. The zero-order valence-electron chi connectivity index (χ0n) is 13.5. The molecule has 2 rings (SSSR count). The number of sulfonamides is 1. The molecular weight excluding hydrogens is 318 g/mol. The van der Waals surface area contributed by atoms with Gasteiger partial charge in [0.05, 0.1) is 24.2 Å². The second-order valence-electron chi connectivity index (χ2n) is 5.43. The van der Waals surface area contributed by atoms with E-state index in [4.69, 9.17) is 0 Å². The summed E-state index contributed by atoms with van der Waals surface area (Å²) in [5, 5.41) is 2.80. The van der Waals surface area contributed by atoms with E-state index in [0.717, 1.165) is 25.9 Å². The Morgan fingerprint density at radius 1 is 1.30 bits per heavy atom. The number of hydrogen-bond donors (Lipinski definition) is 2. The molecule has 0 saturated carbocycles. The monoisotopic (exact) mass is 341 g/mol. The molecule has 2 N–H and O–H groups in total. The van der Waals surface area contributed by atoms with Gasteiger partial charge in [-0.15, -0.1) is 0 Å². The molecule has 1 amide bonds. The number of benzene rings is 1. The van der Waals surface area contributed by atoms with Crippen molar-refractivity contribution < 1.29 is 18.0 Å². The van der Waals surface area contributed by atoms with Crippen LogP contribution in [0.4, 0.5) is 0 Å². The van der Waals surface area contributed by atoms with E-state index in [1.165, 1.54) is 13.2 Å². The molecule has 1 aromatic rings. The summed E-state index contributed by atoms with van der Waals surface area (Å²) < 4.78 is 24.7. The van der Waals surface area contributed by atoms with Gasteiger partial charge in [0, 0.05) is 0 Å². The van der Waals surface area contributed by atoms with Crippen molar-refractivity contribution in [2.75, 3.05) is 26.9 Å². The fourth-order valence-corrected chi connectivity index (χ4v) is 4.04. The number of aryl methyl sites for hydroxylation is 1. The van der Waals surface area contributed by atoms with Crippen LogP contribution in [0.25, 0.3) is 0 Å². The molecule has 0 aromatic heterocycles. The Hall–Kier alpha value is -1.48. The van der Waals surface area contributed by atoms with Crippen LogP contribution >= 0.6 is 0 Å². The van der Waals surface area contributed by atoms with E-state index in [1.54, 1.807) is 12.1 Å². The van der Waals surface area contributed by atoms with Crippen LogP contribution in [0.15, 0.2) is 23.1 Å². The molecule has 0 unspecified atom stereocenters. The molecule has 0 bridgehead atoms. The molecule has 23 heavy (non-hydrogen) atoms. The van der Waals surface area contributed by atoms with E-state index >= 15 is 0 Å². The van der Waals surface area contributed by atoms with Crippen LogP contribution < -0.4 is 10.2 Å². The molecule has 1 heterocycles. The van der Waals surface area contributed by atoms with Gasteiger partial charge in [0.1, 0.15) is 0 Å². The zero-order chi connectivity index (χ0) is 16.9. The first-order chi connectivity index (χ1) is 11.0. The quantitative estimate of drug-likeness (QED) is 0.719. The number of hydrogen-bond acceptors (Lipinski definition) is 5. The van der Waals surface area contributed by atoms with Gasteiger partial charge in [-0.05, 0) is 44.0 Å². The topological polar surface area (TPSA) is 87.7 Å². The lowest BCUT2D eigenvalue weighted by Crippen LogP contribution is -2.37. The summed E-state index contributed by atoms with van der Waals surface area (Å²) in [7, 11) is -2.69. The summed E-state index contributed by atoms with van der Waals surface area (Å²) in [5.41, 5.74) is 0.705. The van der Waals surface area contributed by atoms with Crippen molar-refractivity contribution in [3.8, 4) is 0 Å². The number of nitrogens with one attached hydrogen (secondary N) is 2. The van der Waals surface area contributed by atoms with E-state index in [0.29, 0.717) is 18.7 Å². The Morgan fingerprint density at radius 3 is 2.61 bits per heavy atom. The molecule has 7 nitrogen and oxygen atoms in total. The van der Waals surface area contributed by atoms with Crippen LogP contribution in [0.1, 0.15) is 35.7 Å². The van der Waals surface area contributed by atoms with Crippen LogP contribution in [0.5, 0.6) is 0 Å². The summed E-state index contributed by atoms with van der Waals surface area (Å²) in [6.07, 6.45) is 2.74. The number of nitrogens with zero attached hydrogens (tertiary/aromatic N) is 1. The fraction of sp³-hybridized carbons (Fsp3) is 0.533. The van der Waals surface area contributed by atoms with Crippen molar-refractivity contribution >= 4 is 15.9 Å². The Labute approximate surface area is 137 Å². The van der Waals surface area contributed by atoms with E-state index in [2.05, 4.69) is 15.1 Å². The van der Waals surface area contributed by atoms with E-state index in [-0.39, 0.29) is 10.5 Å². The molecule has 1 aliphatic heterocycles. The average Bonchev–Trinajstić information content (AvgIpc) is 3.05. The number of carbonyl (C=O) groups is 1. The molecule has 1 saturated heterocycles. The SMILES string of the molecule is CCc1cccc(C(=O)NCN2CCCC2)c1S(=O)(=O)NOC. The number of rotatable bonds is 7. The lowest BCUT2D eigenvalue weighted by Gasteiger charge is -2.17. The van der Waals surface area contributed by atoms with E-state index in [1.807, 2.05) is 11.8 Å². The Morgan fingerprint density at radius 2 is 2.00 bits per heavy atom. The zero-order valence-corrected chi connectivity index (χ0v) is 14.3. The second-order valence-corrected chi connectivity index (χ2v) is 7.01. The van der Waals surface area contributed by atoms with Crippen LogP contribution in [0.2, 0.25) is 0 Å². The summed E-state index contributed by atoms with van der Waals surface area (Å²) in [6, 6.07) is 4.90. The van der Waals surface area contributed by atoms with Crippen molar-refractivity contribution in [2.24, 2.45) is 0 Å². The predicted octanol–water partition coefficient (Wildman–Crippen LogP) is 0.872. The van der Waals surface area contributed by atoms with Gasteiger partial charge in [0.2, 0.25) is 0 Å². The van der Waals surface area contributed by atoms with Crippen molar-refractivity contribution in [2.45, 2.75) is 31.1 Å². The minimum absolute atomic E-state index is 0.0247. The van der Waals surface area contributed by atoms with Crippen LogP contribution in [-0.2, 0) is 21.3 Å². The molecule has 1 fully saturated rings. The summed E-state index contributed by atoms with van der Waals surface area (Å²) >= 11 is 0. The molecule has 1 aromatic carbocycles. The molecule has 0 radical (unpaired) electrons. The van der Waals surface area contributed by atoms with Crippen molar-refractivity contribution in [3.05, 3.63) is 29.3 Å². The Balaban J connectivity index is 2.28. The van der Waals surface area contributed by atoms with Gasteiger partial charge in [-0.2, -0.15) is 0 Å². The molecule has 0 atom stereocenters. The third kappa shape index (κ3) is 4.29. The molecule has 128 valence electrons. The van der Waals surface area contributed by atoms with Gasteiger partial charge < -0.3 is 5.32 Å². The largest absolute Gasteiger partial charge is 0.339 e. The summed E-state index contributed by atoms with van der Waals surface area (Å²) in [5.74, 6) is -0.399. The van der Waals surface area contributed by atoms with E-state index < -0.39 is 15.9 Å². The molecule has 0 aliphatic carbocycles. The molecule has 8 heteroatoms. The Kier molecular flexibility index (Phi) is 6.11. The summed E-state index contributed by atoms with van der Waals surface area (Å²) in [6.45, 7) is 4.16. The van der Waals surface area contributed by atoms with Crippen LogP contribution in [0, 0.1) is 0 Å². The number of amides is 1. The highest BCUT2D eigenvalue weighted by Crippen LogP contribution is 2.21. The fourth-order valence-electron chi connectivity index (χ4n) is 2.73. The summed E-state index contributed by atoms with van der Waals surface area (Å²) in [4.78, 5) is 21.1. The average molecular weight is 341 g/mol. The van der Waals surface area contributed by atoms with Gasteiger partial charge >= 0.3 is 0 Å². The van der Waals surface area contributed by atoms with Crippen molar-refractivity contribution in [1.29, 1.82) is 0 Å². The van der Waals surface area contributed by atoms with Gasteiger partial charge in [-0.25, -0.2) is 8.42 Å². The molecule has 0 spiro atoms. The minimum atomic E-state index is -3.91. The normalized spacial score (nSPS) is 15.7.